The molecule has 0 bridgehead atoms. The molecule has 2 aromatic heterocycles. The van der Waals surface area contributed by atoms with Crippen molar-refractivity contribution in [1.82, 2.24) is 15.0 Å². The Morgan fingerprint density at radius 2 is 1.68 bits per heavy atom. The van der Waals surface area contributed by atoms with Gasteiger partial charge < -0.3 is 15.3 Å². The molecule has 6 heteroatoms. The Bertz CT molecular complexity index is 996. The number of aliphatic hydroxyl groups is 1. The monoisotopic (exact) mass is 415 g/mol. The fourth-order valence-corrected chi connectivity index (χ4v) is 4.58. The van der Waals surface area contributed by atoms with Gasteiger partial charge in [-0.25, -0.2) is 9.97 Å². The van der Waals surface area contributed by atoms with Crippen LogP contribution in [0.15, 0.2) is 54.7 Å². The average Bonchev–Trinajstić information content (AvgIpc) is 3.02. The van der Waals surface area contributed by atoms with Crippen molar-refractivity contribution in [2.24, 2.45) is 11.8 Å². The highest BCUT2D eigenvalue weighted by Gasteiger charge is 2.30. The van der Waals surface area contributed by atoms with Gasteiger partial charge in [-0.15, -0.1) is 0 Å². The molecule has 3 aromatic rings. The number of pyridine rings is 1. The van der Waals surface area contributed by atoms with Crippen molar-refractivity contribution in [2.75, 3.05) is 36.5 Å². The quantitative estimate of drug-likeness (QED) is 0.641. The number of aliphatic hydroxyl groups excluding tert-OH is 1. The summed E-state index contributed by atoms with van der Waals surface area (Å²) < 4.78 is 0. The van der Waals surface area contributed by atoms with Gasteiger partial charge in [0.2, 0.25) is 0 Å². The van der Waals surface area contributed by atoms with Crippen molar-refractivity contribution in [3.63, 3.8) is 0 Å². The SMILES string of the molecule is OC[C@H]1CC[C@@H]1CNc1cc(N2CCc3ccccc3CC2)nc(-c2ccccn2)n1. The van der Waals surface area contributed by atoms with Crippen molar-refractivity contribution < 1.29 is 5.11 Å². The lowest BCUT2D eigenvalue weighted by atomic mass is 9.74. The zero-order valence-electron chi connectivity index (χ0n) is 17.7. The van der Waals surface area contributed by atoms with Crippen LogP contribution in [-0.2, 0) is 12.8 Å². The Morgan fingerprint density at radius 3 is 2.32 bits per heavy atom. The molecule has 0 unspecified atom stereocenters. The van der Waals surface area contributed by atoms with Crippen molar-refractivity contribution in [2.45, 2.75) is 25.7 Å². The van der Waals surface area contributed by atoms with Crippen molar-refractivity contribution in [3.05, 3.63) is 65.9 Å². The number of fused-ring (bicyclic) bond motifs is 1. The molecule has 1 aromatic carbocycles. The normalized spacial score (nSPS) is 20.5. The summed E-state index contributed by atoms with van der Waals surface area (Å²) >= 11 is 0. The molecule has 1 saturated carbocycles. The molecule has 0 spiro atoms. The highest BCUT2D eigenvalue weighted by molar-refractivity contribution is 5.59. The lowest BCUT2D eigenvalue weighted by molar-refractivity contribution is 0.0989. The summed E-state index contributed by atoms with van der Waals surface area (Å²) in [7, 11) is 0. The molecule has 2 aliphatic rings. The van der Waals surface area contributed by atoms with Gasteiger partial charge in [0.15, 0.2) is 5.82 Å². The number of hydrogen-bond donors (Lipinski definition) is 2. The molecule has 0 amide bonds. The first-order valence-corrected chi connectivity index (χ1v) is 11.3. The van der Waals surface area contributed by atoms with Gasteiger partial charge >= 0.3 is 0 Å². The van der Waals surface area contributed by atoms with E-state index in [9.17, 15) is 5.11 Å². The van der Waals surface area contributed by atoms with Gasteiger partial charge in [-0.05, 0) is 60.8 Å². The Hall–Kier alpha value is -2.99. The second kappa shape index (κ2) is 9.02. The van der Waals surface area contributed by atoms with Crippen molar-refractivity contribution in [3.8, 4) is 11.5 Å². The van der Waals surface area contributed by atoms with E-state index in [1.54, 1.807) is 6.20 Å². The second-order valence-corrected chi connectivity index (χ2v) is 8.57. The van der Waals surface area contributed by atoms with Gasteiger partial charge in [0.05, 0.1) is 0 Å². The fourth-order valence-electron chi connectivity index (χ4n) is 4.58. The summed E-state index contributed by atoms with van der Waals surface area (Å²) in [6, 6.07) is 16.6. The summed E-state index contributed by atoms with van der Waals surface area (Å²) in [6.07, 6.45) is 6.09. The van der Waals surface area contributed by atoms with E-state index in [4.69, 9.17) is 9.97 Å². The second-order valence-electron chi connectivity index (χ2n) is 8.57. The summed E-state index contributed by atoms with van der Waals surface area (Å²) in [5.74, 6) is 3.34. The van der Waals surface area contributed by atoms with Crippen LogP contribution in [0.3, 0.4) is 0 Å². The minimum atomic E-state index is 0.273. The number of hydrogen-bond acceptors (Lipinski definition) is 6. The number of benzene rings is 1. The summed E-state index contributed by atoms with van der Waals surface area (Å²) in [5, 5.41) is 13.0. The number of nitrogens with one attached hydrogen (secondary N) is 1. The molecule has 31 heavy (non-hydrogen) atoms. The van der Waals surface area contributed by atoms with Crippen LogP contribution in [0, 0.1) is 11.8 Å². The molecule has 160 valence electrons. The summed E-state index contributed by atoms with van der Waals surface area (Å²) in [4.78, 5) is 16.5. The van der Waals surface area contributed by atoms with Crippen molar-refractivity contribution in [1.29, 1.82) is 0 Å². The van der Waals surface area contributed by atoms with Crippen LogP contribution in [-0.4, -0.2) is 46.3 Å². The van der Waals surface area contributed by atoms with E-state index in [-0.39, 0.29) is 6.61 Å². The predicted octanol–water partition coefficient (Wildman–Crippen LogP) is 3.57. The zero-order chi connectivity index (χ0) is 21.0. The van der Waals surface area contributed by atoms with Crippen LogP contribution in [0.5, 0.6) is 0 Å². The first-order chi connectivity index (χ1) is 15.3. The molecule has 6 nitrogen and oxygen atoms in total. The molecule has 3 heterocycles. The van der Waals surface area contributed by atoms with Crippen LogP contribution in [0.2, 0.25) is 0 Å². The number of rotatable bonds is 6. The Labute approximate surface area is 183 Å². The maximum absolute atomic E-state index is 9.49. The third-order valence-electron chi connectivity index (χ3n) is 6.71. The van der Waals surface area contributed by atoms with E-state index in [0.29, 0.717) is 17.7 Å². The van der Waals surface area contributed by atoms with Gasteiger partial charge in [-0.3, -0.25) is 4.98 Å². The van der Waals surface area contributed by atoms with Crippen LogP contribution in [0.25, 0.3) is 11.5 Å². The predicted molar refractivity (Wildman–Crippen MR) is 123 cm³/mol. The average molecular weight is 416 g/mol. The topological polar surface area (TPSA) is 74.2 Å². The van der Waals surface area contributed by atoms with E-state index < -0.39 is 0 Å². The standard InChI is InChI=1S/C25H29N5O/c31-17-21-9-8-20(21)16-27-23-15-24(29-25(28-23)22-7-3-4-12-26-22)30-13-10-18-5-1-2-6-19(18)11-14-30/h1-7,12,15,20-21,31H,8-11,13-14,16-17H2,(H,27,28,29)/t20-,21-/m1/s1. The number of nitrogens with zero attached hydrogens (tertiary/aromatic N) is 4. The van der Waals surface area contributed by atoms with Gasteiger partial charge in [0.1, 0.15) is 17.3 Å². The number of anilines is 2. The molecule has 2 atom stereocenters. The van der Waals surface area contributed by atoms with E-state index in [0.717, 1.165) is 62.6 Å². The molecular formula is C25H29N5O. The third kappa shape index (κ3) is 4.39. The molecule has 1 fully saturated rings. The molecule has 5 rings (SSSR count). The van der Waals surface area contributed by atoms with E-state index in [2.05, 4.69) is 45.5 Å². The summed E-state index contributed by atoms with van der Waals surface area (Å²) in [6.45, 7) is 2.97. The first-order valence-electron chi connectivity index (χ1n) is 11.3. The van der Waals surface area contributed by atoms with E-state index >= 15 is 0 Å². The van der Waals surface area contributed by atoms with E-state index in [1.165, 1.54) is 11.1 Å². The van der Waals surface area contributed by atoms with Crippen LogP contribution in [0.1, 0.15) is 24.0 Å². The summed E-state index contributed by atoms with van der Waals surface area (Å²) in [5.41, 5.74) is 3.65. The van der Waals surface area contributed by atoms with Gasteiger partial charge in [-0.2, -0.15) is 0 Å². The Morgan fingerprint density at radius 1 is 0.935 bits per heavy atom. The first kappa shape index (κ1) is 19.9. The third-order valence-corrected chi connectivity index (χ3v) is 6.71. The lowest BCUT2D eigenvalue weighted by Crippen LogP contribution is -2.34. The van der Waals surface area contributed by atoms with Gasteiger partial charge in [0.25, 0.3) is 0 Å². The smallest absolute Gasteiger partial charge is 0.182 e. The van der Waals surface area contributed by atoms with Crippen LogP contribution < -0.4 is 10.2 Å². The minimum absolute atomic E-state index is 0.273. The maximum Gasteiger partial charge on any atom is 0.182 e. The molecule has 1 aliphatic heterocycles. The highest BCUT2D eigenvalue weighted by Crippen LogP contribution is 2.34. The Kier molecular flexibility index (Phi) is 5.80. The molecule has 0 saturated heterocycles. The largest absolute Gasteiger partial charge is 0.396 e. The molecule has 2 N–H and O–H groups in total. The van der Waals surface area contributed by atoms with Crippen molar-refractivity contribution >= 4 is 11.6 Å². The highest BCUT2D eigenvalue weighted by atomic mass is 16.3. The van der Waals surface area contributed by atoms with Crippen LogP contribution in [0.4, 0.5) is 11.6 Å². The maximum atomic E-state index is 9.49. The zero-order valence-corrected chi connectivity index (χ0v) is 17.7. The van der Waals surface area contributed by atoms with Gasteiger partial charge in [-0.1, -0.05) is 30.3 Å². The lowest BCUT2D eigenvalue weighted by Gasteiger charge is -2.35. The number of aromatic nitrogens is 3. The Balaban J connectivity index is 1.40. The molecule has 1 aliphatic carbocycles. The molecule has 0 radical (unpaired) electrons. The fraction of sp³-hybridized carbons (Fsp3) is 0.400. The minimum Gasteiger partial charge on any atom is -0.396 e. The molecular weight excluding hydrogens is 386 g/mol. The van der Waals surface area contributed by atoms with Crippen LogP contribution >= 0.6 is 0 Å². The van der Waals surface area contributed by atoms with Gasteiger partial charge in [0, 0.05) is 38.5 Å². The van der Waals surface area contributed by atoms with E-state index in [1.807, 2.05) is 18.2 Å².